The molecule has 0 heterocycles. The highest BCUT2D eigenvalue weighted by Gasteiger charge is 2.00. The van der Waals surface area contributed by atoms with E-state index in [0.717, 1.165) is 25.4 Å². The largest absolute Gasteiger partial charge is 0.497 e. The summed E-state index contributed by atoms with van der Waals surface area (Å²) in [6.45, 7) is 2.62. The van der Waals surface area contributed by atoms with E-state index in [2.05, 4.69) is 23.4 Å². The number of hydrogen-bond acceptors (Lipinski definition) is 4. The van der Waals surface area contributed by atoms with Gasteiger partial charge in [0.1, 0.15) is 5.75 Å². The van der Waals surface area contributed by atoms with Crippen molar-refractivity contribution in [2.45, 2.75) is 6.54 Å². The second kappa shape index (κ2) is 10.6. The minimum atomic E-state index is 0. The molecule has 0 saturated heterocycles. The van der Waals surface area contributed by atoms with Gasteiger partial charge in [-0.1, -0.05) is 12.1 Å². The lowest BCUT2D eigenvalue weighted by Crippen LogP contribution is -2.32. The molecule has 0 amide bonds. The molecule has 4 nitrogen and oxygen atoms in total. The SMILES string of the molecule is COc1cccc(CN(C)CCNN)c1.Cl.Cl. The zero-order valence-electron chi connectivity index (χ0n) is 10.2. The Morgan fingerprint density at radius 1 is 1.35 bits per heavy atom. The highest BCUT2D eigenvalue weighted by atomic mass is 35.5. The minimum absolute atomic E-state index is 0. The summed E-state index contributed by atoms with van der Waals surface area (Å²) in [6.07, 6.45) is 0. The Labute approximate surface area is 115 Å². The first-order valence-corrected chi connectivity index (χ1v) is 5.01. The third-order valence-corrected chi connectivity index (χ3v) is 2.22. The second-order valence-corrected chi connectivity index (χ2v) is 3.54. The number of halogens is 2. The van der Waals surface area contributed by atoms with E-state index in [9.17, 15) is 0 Å². The van der Waals surface area contributed by atoms with Crippen LogP contribution in [0, 0.1) is 0 Å². The van der Waals surface area contributed by atoms with Crippen molar-refractivity contribution in [1.29, 1.82) is 0 Å². The van der Waals surface area contributed by atoms with Crippen molar-refractivity contribution in [3.8, 4) is 5.75 Å². The molecule has 0 aliphatic rings. The number of methoxy groups -OCH3 is 1. The van der Waals surface area contributed by atoms with Crippen molar-refractivity contribution >= 4 is 24.8 Å². The van der Waals surface area contributed by atoms with Gasteiger partial charge in [0.25, 0.3) is 0 Å². The number of hydrogen-bond donors (Lipinski definition) is 2. The molecule has 3 N–H and O–H groups in total. The van der Waals surface area contributed by atoms with E-state index in [4.69, 9.17) is 10.6 Å². The molecule has 0 unspecified atom stereocenters. The van der Waals surface area contributed by atoms with Gasteiger partial charge in [0.05, 0.1) is 7.11 Å². The molecule has 6 heteroatoms. The van der Waals surface area contributed by atoms with Crippen LogP contribution < -0.4 is 16.0 Å². The van der Waals surface area contributed by atoms with E-state index in [0.29, 0.717) is 0 Å². The third-order valence-electron chi connectivity index (χ3n) is 2.22. The lowest BCUT2D eigenvalue weighted by Gasteiger charge is -2.16. The molecule has 0 aliphatic carbocycles. The lowest BCUT2D eigenvalue weighted by atomic mass is 10.2. The molecule has 0 radical (unpaired) electrons. The van der Waals surface area contributed by atoms with Crippen molar-refractivity contribution in [3.63, 3.8) is 0 Å². The zero-order valence-corrected chi connectivity index (χ0v) is 11.8. The van der Waals surface area contributed by atoms with Gasteiger partial charge in [0, 0.05) is 19.6 Å². The van der Waals surface area contributed by atoms with E-state index in [1.165, 1.54) is 5.56 Å². The number of likely N-dealkylation sites (N-methyl/N-ethyl adjacent to an activating group) is 1. The fourth-order valence-electron chi connectivity index (χ4n) is 1.42. The van der Waals surface area contributed by atoms with Crippen LogP contribution in [-0.2, 0) is 6.54 Å². The highest BCUT2D eigenvalue weighted by molar-refractivity contribution is 5.85. The van der Waals surface area contributed by atoms with Crippen molar-refractivity contribution in [1.82, 2.24) is 10.3 Å². The number of rotatable bonds is 6. The molecule has 17 heavy (non-hydrogen) atoms. The molecule has 1 aromatic rings. The molecule has 0 aliphatic heterocycles. The van der Waals surface area contributed by atoms with Crippen LogP contribution in [0.2, 0.25) is 0 Å². The van der Waals surface area contributed by atoms with Crippen LogP contribution in [0.5, 0.6) is 5.75 Å². The third kappa shape index (κ3) is 7.41. The number of benzene rings is 1. The van der Waals surface area contributed by atoms with Gasteiger partial charge in [-0.2, -0.15) is 0 Å². The van der Waals surface area contributed by atoms with Crippen molar-refractivity contribution in [2.75, 3.05) is 27.2 Å². The number of nitrogens with zero attached hydrogens (tertiary/aromatic N) is 1. The summed E-state index contributed by atoms with van der Waals surface area (Å²) >= 11 is 0. The maximum absolute atomic E-state index is 5.22. The van der Waals surface area contributed by atoms with Crippen LogP contribution >= 0.6 is 24.8 Å². The fraction of sp³-hybridized carbons (Fsp3) is 0.455. The molecular formula is C11H21Cl2N3O. The standard InChI is InChI=1S/C11H19N3O.2ClH/c1-14(7-6-13-12)9-10-4-3-5-11(8-10)15-2;;/h3-5,8,13H,6-7,9,12H2,1-2H3;2*1H. The van der Waals surface area contributed by atoms with E-state index in [1.54, 1.807) is 7.11 Å². The van der Waals surface area contributed by atoms with Crippen LogP contribution in [0.4, 0.5) is 0 Å². The monoisotopic (exact) mass is 281 g/mol. The average Bonchev–Trinajstić information content (AvgIpc) is 2.26. The zero-order chi connectivity index (χ0) is 11.1. The quantitative estimate of drug-likeness (QED) is 0.612. The smallest absolute Gasteiger partial charge is 0.119 e. The van der Waals surface area contributed by atoms with Gasteiger partial charge in [-0.05, 0) is 24.7 Å². The van der Waals surface area contributed by atoms with Gasteiger partial charge in [0.15, 0.2) is 0 Å². The Bertz CT molecular complexity index is 300. The fourth-order valence-corrected chi connectivity index (χ4v) is 1.42. The predicted molar refractivity (Wildman–Crippen MR) is 76.0 cm³/mol. The summed E-state index contributed by atoms with van der Waals surface area (Å²) in [5.74, 6) is 6.12. The number of nitrogens with one attached hydrogen (secondary N) is 1. The summed E-state index contributed by atoms with van der Waals surface area (Å²) in [7, 11) is 3.75. The first kappa shape index (κ1) is 18.8. The summed E-state index contributed by atoms with van der Waals surface area (Å²) in [6, 6.07) is 8.09. The number of hydrazine groups is 1. The lowest BCUT2D eigenvalue weighted by molar-refractivity contribution is 0.324. The van der Waals surface area contributed by atoms with Crippen molar-refractivity contribution in [2.24, 2.45) is 5.84 Å². The van der Waals surface area contributed by atoms with E-state index in [-0.39, 0.29) is 24.8 Å². The molecule has 100 valence electrons. The predicted octanol–water partition coefficient (Wildman–Crippen LogP) is 1.43. The van der Waals surface area contributed by atoms with E-state index >= 15 is 0 Å². The first-order valence-electron chi connectivity index (χ1n) is 5.01. The van der Waals surface area contributed by atoms with Crippen LogP contribution in [0.1, 0.15) is 5.56 Å². The number of ether oxygens (including phenoxy) is 1. The van der Waals surface area contributed by atoms with Gasteiger partial charge in [0.2, 0.25) is 0 Å². The molecule has 0 aromatic heterocycles. The van der Waals surface area contributed by atoms with Crippen molar-refractivity contribution < 1.29 is 4.74 Å². The average molecular weight is 282 g/mol. The van der Waals surface area contributed by atoms with Gasteiger partial charge in [-0.15, -0.1) is 24.8 Å². The molecule has 1 rings (SSSR count). The van der Waals surface area contributed by atoms with Gasteiger partial charge >= 0.3 is 0 Å². The Morgan fingerprint density at radius 2 is 2.06 bits per heavy atom. The van der Waals surface area contributed by atoms with E-state index < -0.39 is 0 Å². The van der Waals surface area contributed by atoms with Crippen LogP contribution in [0.25, 0.3) is 0 Å². The summed E-state index contributed by atoms with van der Waals surface area (Å²) in [5.41, 5.74) is 3.88. The van der Waals surface area contributed by atoms with Crippen LogP contribution in [-0.4, -0.2) is 32.1 Å². The highest BCUT2D eigenvalue weighted by Crippen LogP contribution is 2.13. The molecule has 0 atom stereocenters. The second-order valence-electron chi connectivity index (χ2n) is 3.54. The Hall–Kier alpha value is -0.520. The molecule has 0 fully saturated rings. The minimum Gasteiger partial charge on any atom is -0.497 e. The number of nitrogens with two attached hydrogens (primary N) is 1. The van der Waals surface area contributed by atoms with Crippen LogP contribution in [0.3, 0.4) is 0 Å². The summed E-state index contributed by atoms with van der Waals surface area (Å²) < 4.78 is 5.17. The maximum atomic E-state index is 5.22. The van der Waals surface area contributed by atoms with Crippen LogP contribution in [0.15, 0.2) is 24.3 Å². The Kier molecular flexibility index (Phi) is 11.8. The molecular weight excluding hydrogens is 261 g/mol. The normalized spacial score (nSPS) is 9.41. The van der Waals surface area contributed by atoms with Crippen molar-refractivity contribution in [3.05, 3.63) is 29.8 Å². The Balaban J connectivity index is 0. The summed E-state index contributed by atoms with van der Waals surface area (Å²) in [4.78, 5) is 2.20. The molecule has 0 spiro atoms. The van der Waals surface area contributed by atoms with Gasteiger partial charge < -0.3 is 9.64 Å². The Morgan fingerprint density at radius 3 is 2.65 bits per heavy atom. The molecule has 1 aromatic carbocycles. The summed E-state index contributed by atoms with van der Waals surface area (Å²) in [5, 5.41) is 0. The van der Waals surface area contributed by atoms with Gasteiger partial charge in [-0.3, -0.25) is 11.3 Å². The molecule has 0 bridgehead atoms. The van der Waals surface area contributed by atoms with Gasteiger partial charge in [-0.25, -0.2) is 0 Å². The molecule has 0 saturated carbocycles. The first-order chi connectivity index (χ1) is 7.26. The topological polar surface area (TPSA) is 50.5 Å². The maximum Gasteiger partial charge on any atom is 0.119 e. The van der Waals surface area contributed by atoms with E-state index in [1.807, 2.05) is 18.2 Å².